The zero-order valence-electron chi connectivity index (χ0n) is 16.2. The highest BCUT2D eigenvalue weighted by Gasteiger charge is 2.17. The molecule has 0 fully saturated rings. The van der Waals surface area contributed by atoms with E-state index in [9.17, 15) is 0 Å². The van der Waals surface area contributed by atoms with Crippen LogP contribution in [0.1, 0.15) is 28.1 Å². The Hall–Kier alpha value is -2.50. The number of nitrogens with one attached hydrogen (secondary N) is 1. The molecule has 0 radical (unpaired) electrons. The van der Waals surface area contributed by atoms with Crippen LogP contribution in [0.25, 0.3) is 0 Å². The van der Waals surface area contributed by atoms with Gasteiger partial charge in [-0.15, -0.1) is 0 Å². The van der Waals surface area contributed by atoms with Crippen molar-refractivity contribution in [2.75, 3.05) is 13.2 Å². The molecule has 0 spiro atoms. The van der Waals surface area contributed by atoms with Crippen molar-refractivity contribution in [2.24, 2.45) is 0 Å². The molecule has 0 aliphatic carbocycles. The lowest BCUT2D eigenvalue weighted by Gasteiger charge is -2.20. The molecular formula is C22H24ClN3O2. The van der Waals surface area contributed by atoms with Gasteiger partial charge in [-0.2, -0.15) is 5.10 Å². The predicted molar refractivity (Wildman–Crippen MR) is 110 cm³/mol. The first-order valence-electron chi connectivity index (χ1n) is 9.47. The molecule has 0 amide bonds. The van der Waals surface area contributed by atoms with E-state index in [0.29, 0.717) is 30.5 Å². The molecule has 0 unspecified atom stereocenters. The van der Waals surface area contributed by atoms with Crippen LogP contribution < -0.4 is 14.8 Å². The molecule has 1 aliphatic heterocycles. The first-order valence-corrected chi connectivity index (χ1v) is 9.85. The van der Waals surface area contributed by atoms with Crippen LogP contribution in [0.4, 0.5) is 0 Å². The molecule has 3 aromatic rings. The molecule has 28 heavy (non-hydrogen) atoms. The lowest BCUT2D eigenvalue weighted by atomic mass is 10.1. The van der Waals surface area contributed by atoms with Gasteiger partial charge < -0.3 is 14.8 Å². The average molecular weight is 398 g/mol. The molecule has 0 atom stereocenters. The van der Waals surface area contributed by atoms with Crippen molar-refractivity contribution >= 4 is 11.6 Å². The van der Waals surface area contributed by atoms with E-state index in [2.05, 4.69) is 48.1 Å². The summed E-state index contributed by atoms with van der Waals surface area (Å²) in [7, 11) is 0. The van der Waals surface area contributed by atoms with Gasteiger partial charge in [-0.05, 0) is 37.1 Å². The fourth-order valence-corrected chi connectivity index (χ4v) is 3.79. The molecule has 2 aromatic carbocycles. The Labute approximate surface area is 170 Å². The van der Waals surface area contributed by atoms with Crippen molar-refractivity contribution in [3.63, 3.8) is 0 Å². The van der Waals surface area contributed by atoms with Crippen molar-refractivity contribution in [3.8, 4) is 11.5 Å². The third-order valence-electron chi connectivity index (χ3n) is 4.99. The molecule has 4 rings (SSSR count). The van der Waals surface area contributed by atoms with E-state index >= 15 is 0 Å². The predicted octanol–water partition coefficient (Wildman–Crippen LogP) is 4.26. The highest BCUT2D eigenvalue weighted by molar-refractivity contribution is 6.32. The zero-order valence-corrected chi connectivity index (χ0v) is 16.9. The molecule has 1 aromatic heterocycles. The molecule has 1 aliphatic rings. The maximum atomic E-state index is 6.33. The van der Waals surface area contributed by atoms with Crippen LogP contribution in [-0.4, -0.2) is 23.0 Å². The highest BCUT2D eigenvalue weighted by atomic mass is 35.5. The fraction of sp³-hybridized carbons (Fsp3) is 0.318. The van der Waals surface area contributed by atoms with Crippen LogP contribution in [0, 0.1) is 13.8 Å². The highest BCUT2D eigenvalue weighted by Crippen LogP contribution is 2.38. The van der Waals surface area contributed by atoms with E-state index in [1.54, 1.807) is 0 Å². The van der Waals surface area contributed by atoms with Gasteiger partial charge in [0.05, 0.1) is 17.3 Å². The molecule has 1 N–H and O–H groups in total. The van der Waals surface area contributed by atoms with Crippen LogP contribution in [0.15, 0.2) is 42.5 Å². The first-order chi connectivity index (χ1) is 13.6. The Morgan fingerprint density at radius 1 is 1.04 bits per heavy atom. The molecule has 0 saturated carbocycles. The van der Waals surface area contributed by atoms with E-state index in [0.717, 1.165) is 30.1 Å². The van der Waals surface area contributed by atoms with Gasteiger partial charge >= 0.3 is 0 Å². The molecule has 5 nitrogen and oxygen atoms in total. The minimum Gasteiger partial charge on any atom is -0.486 e. The molecule has 2 heterocycles. The largest absolute Gasteiger partial charge is 0.486 e. The Bertz CT molecular complexity index is 970. The third kappa shape index (κ3) is 4.01. The number of fused-ring (bicyclic) bond motifs is 1. The van der Waals surface area contributed by atoms with Gasteiger partial charge in [0.25, 0.3) is 0 Å². The SMILES string of the molecule is Cc1nn(Cc2ccccc2)c(C)c1CNCc1cc(Cl)c2c(c1)OCCO2. The second-order valence-electron chi connectivity index (χ2n) is 7.00. The monoisotopic (exact) mass is 397 g/mol. The summed E-state index contributed by atoms with van der Waals surface area (Å²) in [5.41, 5.74) is 5.80. The smallest absolute Gasteiger partial charge is 0.179 e. The summed E-state index contributed by atoms with van der Waals surface area (Å²) < 4.78 is 13.3. The Kier molecular flexibility index (Phi) is 5.55. The Morgan fingerprint density at radius 3 is 2.64 bits per heavy atom. The van der Waals surface area contributed by atoms with Crippen molar-refractivity contribution in [2.45, 2.75) is 33.5 Å². The number of ether oxygens (including phenoxy) is 2. The second-order valence-corrected chi connectivity index (χ2v) is 7.41. The number of hydrogen-bond donors (Lipinski definition) is 1. The average Bonchev–Trinajstić information content (AvgIpc) is 2.96. The van der Waals surface area contributed by atoms with Crippen molar-refractivity contribution in [1.82, 2.24) is 15.1 Å². The molecule has 6 heteroatoms. The quantitative estimate of drug-likeness (QED) is 0.675. The van der Waals surface area contributed by atoms with E-state index in [-0.39, 0.29) is 0 Å². The van der Waals surface area contributed by atoms with Crippen LogP contribution in [-0.2, 0) is 19.6 Å². The zero-order chi connectivity index (χ0) is 19.5. The first kappa shape index (κ1) is 18.8. The molecule has 0 saturated heterocycles. The minimum absolute atomic E-state index is 0.538. The van der Waals surface area contributed by atoms with Crippen LogP contribution in [0.5, 0.6) is 11.5 Å². The number of halogens is 1. The van der Waals surface area contributed by atoms with Crippen molar-refractivity contribution in [1.29, 1.82) is 0 Å². The summed E-state index contributed by atoms with van der Waals surface area (Å²) in [6.07, 6.45) is 0. The molecular weight excluding hydrogens is 374 g/mol. The number of benzene rings is 2. The third-order valence-corrected chi connectivity index (χ3v) is 5.27. The van der Waals surface area contributed by atoms with Gasteiger partial charge in [0.2, 0.25) is 0 Å². The standard InChI is InChI=1S/C22H24ClN3O2/c1-15-19(16(2)26(25-15)14-17-6-4-3-5-7-17)13-24-12-18-10-20(23)22-21(11-18)27-8-9-28-22/h3-7,10-11,24H,8-9,12-14H2,1-2H3. The lowest BCUT2D eigenvalue weighted by molar-refractivity contribution is 0.171. The van der Waals surface area contributed by atoms with Gasteiger partial charge in [-0.25, -0.2) is 0 Å². The summed E-state index contributed by atoms with van der Waals surface area (Å²) >= 11 is 6.33. The van der Waals surface area contributed by atoms with Gasteiger partial charge in [0, 0.05) is 24.3 Å². The van der Waals surface area contributed by atoms with E-state index in [4.69, 9.17) is 26.2 Å². The van der Waals surface area contributed by atoms with Crippen LogP contribution in [0.2, 0.25) is 5.02 Å². The Balaban J connectivity index is 1.42. The number of nitrogens with zero attached hydrogens (tertiary/aromatic N) is 2. The summed E-state index contributed by atoms with van der Waals surface area (Å²) in [6.45, 7) is 7.51. The van der Waals surface area contributed by atoms with Gasteiger partial charge in [0.15, 0.2) is 11.5 Å². The number of hydrogen-bond acceptors (Lipinski definition) is 4. The number of aryl methyl sites for hydroxylation is 1. The number of rotatable bonds is 6. The van der Waals surface area contributed by atoms with E-state index in [1.165, 1.54) is 16.8 Å². The Morgan fingerprint density at radius 2 is 1.82 bits per heavy atom. The van der Waals surface area contributed by atoms with Crippen molar-refractivity contribution < 1.29 is 9.47 Å². The van der Waals surface area contributed by atoms with E-state index in [1.807, 2.05) is 18.2 Å². The van der Waals surface area contributed by atoms with Gasteiger partial charge in [0.1, 0.15) is 13.2 Å². The minimum atomic E-state index is 0.538. The maximum Gasteiger partial charge on any atom is 0.179 e. The van der Waals surface area contributed by atoms with Crippen LogP contribution in [0.3, 0.4) is 0 Å². The normalized spacial score (nSPS) is 13.0. The second kappa shape index (κ2) is 8.25. The van der Waals surface area contributed by atoms with Crippen molar-refractivity contribution in [3.05, 3.63) is 75.6 Å². The van der Waals surface area contributed by atoms with Gasteiger partial charge in [-0.3, -0.25) is 4.68 Å². The fourth-order valence-electron chi connectivity index (χ4n) is 3.50. The summed E-state index contributed by atoms with van der Waals surface area (Å²) in [4.78, 5) is 0. The summed E-state index contributed by atoms with van der Waals surface area (Å²) in [6, 6.07) is 14.3. The molecule has 0 bridgehead atoms. The van der Waals surface area contributed by atoms with Crippen LogP contribution >= 0.6 is 11.6 Å². The maximum absolute atomic E-state index is 6.33. The van der Waals surface area contributed by atoms with Gasteiger partial charge in [-0.1, -0.05) is 41.9 Å². The van der Waals surface area contributed by atoms with E-state index < -0.39 is 0 Å². The lowest BCUT2D eigenvalue weighted by Crippen LogP contribution is -2.17. The topological polar surface area (TPSA) is 48.3 Å². The summed E-state index contributed by atoms with van der Waals surface area (Å²) in [5.74, 6) is 1.36. The summed E-state index contributed by atoms with van der Waals surface area (Å²) in [5, 5.41) is 8.82. The number of aromatic nitrogens is 2. The molecule has 146 valence electrons.